The summed E-state index contributed by atoms with van der Waals surface area (Å²) in [6.45, 7) is 2.07. The van der Waals surface area contributed by atoms with Gasteiger partial charge in [0.2, 0.25) is 0 Å². The van der Waals surface area contributed by atoms with Crippen molar-refractivity contribution in [3.05, 3.63) is 0 Å². The molecule has 2 N–H and O–H groups in total. The fourth-order valence-corrected chi connectivity index (χ4v) is 2.46. The van der Waals surface area contributed by atoms with Crippen LogP contribution in [-0.2, 0) is 4.79 Å². The third-order valence-corrected chi connectivity index (χ3v) is 3.87. The number of aliphatic hydroxyl groups is 1. The van der Waals surface area contributed by atoms with Gasteiger partial charge in [-0.3, -0.25) is 4.79 Å². The molecule has 0 aromatic carbocycles. The average Bonchev–Trinajstić information content (AvgIpc) is 2.87. The van der Waals surface area contributed by atoms with Crippen LogP contribution in [-0.4, -0.2) is 33.8 Å². The minimum absolute atomic E-state index is 0.143. The molecule has 4 heteroatoms. The van der Waals surface area contributed by atoms with E-state index in [0.29, 0.717) is 5.92 Å². The molecule has 13 heavy (non-hydrogen) atoms. The summed E-state index contributed by atoms with van der Waals surface area (Å²) in [7, 11) is 0. The van der Waals surface area contributed by atoms with Crippen LogP contribution in [0.25, 0.3) is 0 Å². The molecule has 0 saturated heterocycles. The summed E-state index contributed by atoms with van der Waals surface area (Å²) < 4.78 is 0. The van der Waals surface area contributed by atoms with Gasteiger partial charge < -0.3 is 10.2 Å². The lowest BCUT2D eigenvalue weighted by atomic mass is 10.2. The lowest BCUT2D eigenvalue weighted by molar-refractivity contribution is -0.136. The lowest BCUT2D eigenvalue weighted by Gasteiger charge is -2.13. The molecular formula is C9H16O3S. The Kier molecular flexibility index (Phi) is 4.06. The van der Waals surface area contributed by atoms with Gasteiger partial charge in [0.1, 0.15) is 5.25 Å². The molecule has 2 unspecified atom stereocenters. The Balaban J connectivity index is 2.26. The minimum Gasteiger partial charge on any atom is -0.480 e. The zero-order valence-electron chi connectivity index (χ0n) is 7.77. The Morgan fingerprint density at radius 1 is 1.62 bits per heavy atom. The van der Waals surface area contributed by atoms with Crippen molar-refractivity contribution in [2.75, 3.05) is 12.4 Å². The number of aliphatic hydroxyl groups excluding tert-OH is 1. The van der Waals surface area contributed by atoms with Gasteiger partial charge in [-0.1, -0.05) is 6.92 Å². The molecule has 1 fully saturated rings. The third-order valence-electron chi connectivity index (χ3n) is 2.17. The number of rotatable bonds is 6. The van der Waals surface area contributed by atoms with Crippen molar-refractivity contribution in [3.63, 3.8) is 0 Å². The Morgan fingerprint density at radius 2 is 2.23 bits per heavy atom. The quantitative estimate of drug-likeness (QED) is 0.683. The van der Waals surface area contributed by atoms with Crippen molar-refractivity contribution in [1.82, 2.24) is 0 Å². The molecule has 0 amide bonds. The van der Waals surface area contributed by atoms with Gasteiger partial charge in [-0.15, -0.1) is 11.8 Å². The second-order valence-corrected chi connectivity index (χ2v) is 4.89. The predicted octanol–water partition coefficient (Wildman–Crippen LogP) is 1.21. The van der Waals surface area contributed by atoms with Crippen LogP contribution < -0.4 is 0 Å². The van der Waals surface area contributed by atoms with Crippen molar-refractivity contribution in [2.24, 2.45) is 11.8 Å². The molecule has 1 saturated carbocycles. The third kappa shape index (κ3) is 3.56. The van der Waals surface area contributed by atoms with Crippen LogP contribution in [0.4, 0.5) is 0 Å². The number of hydrogen-bond donors (Lipinski definition) is 2. The van der Waals surface area contributed by atoms with Crippen molar-refractivity contribution >= 4 is 17.7 Å². The molecule has 0 aliphatic heterocycles. The first-order chi connectivity index (χ1) is 6.15. The van der Waals surface area contributed by atoms with Gasteiger partial charge in [0, 0.05) is 6.61 Å². The monoisotopic (exact) mass is 204 g/mol. The Morgan fingerprint density at radius 3 is 2.62 bits per heavy atom. The van der Waals surface area contributed by atoms with Gasteiger partial charge in [-0.05, 0) is 30.4 Å². The maximum Gasteiger partial charge on any atom is 0.316 e. The first-order valence-electron chi connectivity index (χ1n) is 4.60. The van der Waals surface area contributed by atoms with Crippen LogP contribution in [0.5, 0.6) is 0 Å². The highest BCUT2D eigenvalue weighted by atomic mass is 32.2. The van der Waals surface area contributed by atoms with Crippen LogP contribution >= 0.6 is 11.8 Å². The number of aliphatic carboxylic acids is 1. The lowest BCUT2D eigenvalue weighted by Crippen LogP contribution is -2.20. The maximum absolute atomic E-state index is 10.8. The molecule has 1 rings (SSSR count). The number of carboxylic acid groups (broad SMARTS) is 1. The van der Waals surface area contributed by atoms with Gasteiger partial charge in [0.25, 0.3) is 0 Å². The zero-order chi connectivity index (χ0) is 9.84. The fraction of sp³-hybridized carbons (Fsp3) is 0.889. The normalized spacial score (nSPS) is 21.1. The Labute approximate surface area is 82.5 Å². The Hall–Kier alpha value is -0.220. The largest absolute Gasteiger partial charge is 0.480 e. The fourth-order valence-electron chi connectivity index (χ4n) is 1.13. The summed E-state index contributed by atoms with van der Waals surface area (Å²) in [6.07, 6.45) is 2.11. The SMILES string of the molecule is CC(CO)CSC(C(=O)O)C1CC1. The molecule has 76 valence electrons. The van der Waals surface area contributed by atoms with E-state index in [1.54, 1.807) is 0 Å². The summed E-state index contributed by atoms with van der Waals surface area (Å²) >= 11 is 1.47. The van der Waals surface area contributed by atoms with Crippen LogP contribution in [0, 0.1) is 11.8 Å². The molecule has 0 radical (unpaired) electrons. The zero-order valence-corrected chi connectivity index (χ0v) is 8.59. The van der Waals surface area contributed by atoms with Crippen molar-refractivity contribution in [3.8, 4) is 0 Å². The molecule has 1 aliphatic carbocycles. The molecule has 1 aliphatic rings. The first-order valence-corrected chi connectivity index (χ1v) is 5.65. The van der Waals surface area contributed by atoms with E-state index < -0.39 is 5.97 Å². The summed E-state index contributed by atoms with van der Waals surface area (Å²) in [6, 6.07) is 0. The van der Waals surface area contributed by atoms with Gasteiger partial charge >= 0.3 is 5.97 Å². The molecule has 0 aromatic rings. The van der Waals surface area contributed by atoms with E-state index >= 15 is 0 Å². The van der Waals surface area contributed by atoms with Crippen LogP contribution in [0.3, 0.4) is 0 Å². The Bertz CT molecular complexity index is 180. The highest BCUT2D eigenvalue weighted by Crippen LogP contribution is 2.39. The molecule has 2 atom stereocenters. The van der Waals surface area contributed by atoms with Crippen molar-refractivity contribution < 1.29 is 15.0 Å². The van der Waals surface area contributed by atoms with E-state index in [4.69, 9.17) is 10.2 Å². The molecule has 0 aromatic heterocycles. The maximum atomic E-state index is 10.8. The molecule has 0 spiro atoms. The summed E-state index contributed by atoms with van der Waals surface area (Å²) in [4.78, 5) is 10.8. The molecule has 0 bridgehead atoms. The number of carboxylic acids is 1. The van der Waals surface area contributed by atoms with Crippen LogP contribution in [0.2, 0.25) is 0 Å². The highest BCUT2D eigenvalue weighted by molar-refractivity contribution is 8.00. The number of carbonyl (C=O) groups is 1. The standard InChI is InChI=1S/C9H16O3S/c1-6(4-10)5-13-8(9(11)12)7-2-3-7/h6-8,10H,2-5H2,1H3,(H,11,12). The van der Waals surface area contributed by atoms with Gasteiger partial charge in [0.05, 0.1) is 0 Å². The van der Waals surface area contributed by atoms with Crippen molar-refractivity contribution in [1.29, 1.82) is 0 Å². The van der Waals surface area contributed by atoms with Gasteiger partial charge in [-0.25, -0.2) is 0 Å². The van der Waals surface area contributed by atoms with Crippen LogP contribution in [0.1, 0.15) is 19.8 Å². The number of hydrogen-bond acceptors (Lipinski definition) is 3. The summed E-state index contributed by atoms with van der Waals surface area (Å²) in [5.41, 5.74) is 0. The predicted molar refractivity (Wildman–Crippen MR) is 52.9 cm³/mol. The van der Waals surface area contributed by atoms with E-state index in [0.717, 1.165) is 18.6 Å². The van der Waals surface area contributed by atoms with Gasteiger partial charge in [0.15, 0.2) is 0 Å². The smallest absolute Gasteiger partial charge is 0.316 e. The number of thioether (sulfide) groups is 1. The van der Waals surface area contributed by atoms with Gasteiger partial charge in [-0.2, -0.15) is 0 Å². The average molecular weight is 204 g/mol. The minimum atomic E-state index is -0.697. The van der Waals surface area contributed by atoms with E-state index in [9.17, 15) is 4.79 Å². The highest BCUT2D eigenvalue weighted by Gasteiger charge is 2.36. The molecular weight excluding hydrogens is 188 g/mol. The second-order valence-electron chi connectivity index (χ2n) is 3.72. The van der Waals surface area contributed by atoms with E-state index in [-0.39, 0.29) is 17.8 Å². The summed E-state index contributed by atoms with van der Waals surface area (Å²) in [5.74, 6) is 0.626. The second kappa shape index (κ2) is 4.86. The first kappa shape index (κ1) is 10.9. The summed E-state index contributed by atoms with van der Waals surface area (Å²) in [5, 5.41) is 17.4. The van der Waals surface area contributed by atoms with E-state index in [2.05, 4.69) is 0 Å². The van der Waals surface area contributed by atoms with Crippen molar-refractivity contribution in [2.45, 2.75) is 25.0 Å². The van der Waals surface area contributed by atoms with Crippen LogP contribution in [0.15, 0.2) is 0 Å². The van der Waals surface area contributed by atoms with E-state index in [1.807, 2.05) is 6.92 Å². The topological polar surface area (TPSA) is 57.5 Å². The molecule has 0 heterocycles. The van der Waals surface area contributed by atoms with E-state index in [1.165, 1.54) is 11.8 Å². The molecule has 3 nitrogen and oxygen atoms in total.